The molecule has 2 heterocycles. The zero-order chi connectivity index (χ0) is 17.8. The van der Waals surface area contributed by atoms with Gasteiger partial charge in [-0.3, -0.25) is 4.99 Å². The summed E-state index contributed by atoms with van der Waals surface area (Å²) >= 11 is 0. The fourth-order valence-electron chi connectivity index (χ4n) is 3.19. The van der Waals surface area contributed by atoms with Crippen molar-refractivity contribution >= 4 is 29.9 Å². The molecule has 0 saturated heterocycles. The van der Waals surface area contributed by atoms with Crippen LogP contribution < -0.4 is 15.4 Å². The van der Waals surface area contributed by atoms with E-state index in [9.17, 15) is 0 Å². The number of aliphatic imine (C=N–C) groups is 1. The van der Waals surface area contributed by atoms with Crippen molar-refractivity contribution in [3.8, 4) is 5.75 Å². The minimum absolute atomic E-state index is 0. The molecule has 27 heavy (non-hydrogen) atoms. The predicted molar refractivity (Wildman–Crippen MR) is 115 cm³/mol. The Bertz CT molecular complexity index is 786. The minimum atomic E-state index is 0. The average Bonchev–Trinajstić information content (AvgIpc) is 3.24. The summed E-state index contributed by atoms with van der Waals surface area (Å²) in [5.74, 6) is 4.51. The van der Waals surface area contributed by atoms with Crippen LogP contribution in [0.2, 0.25) is 0 Å². The molecule has 0 radical (unpaired) electrons. The molecular formula is C19H27IN6O. The van der Waals surface area contributed by atoms with E-state index in [4.69, 9.17) is 4.74 Å². The molecule has 2 aliphatic rings. The third kappa shape index (κ3) is 5.12. The van der Waals surface area contributed by atoms with E-state index in [2.05, 4.69) is 36.5 Å². The van der Waals surface area contributed by atoms with E-state index >= 15 is 0 Å². The van der Waals surface area contributed by atoms with Gasteiger partial charge in [0.2, 0.25) is 0 Å². The van der Waals surface area contributed by atoms with Crippen LogP contribution in [-0.4, -0.2) is 34.4 Å². The number of rotatable bonds is 7. The zero-order valence-corrected chi connectivity index (χ0v) is 18.0. The number of nitrogens with zero attached hydrogens (tertiary/aromatic N) is 4. The summed E-state index contributed by atoms with van der Waals surface area (Å²) < 4.78 is 8.17. The smallest absolute Gasteiger partial charge is 0.191 e. The van der Waals surface area contributed by atoms with E-state index < -0.39 is 0 Å². The molecule has 2 aromatic rings. The van der Waals surface area contributed by atoms with Gasteiger partial charge in [0.05, 0.1) is 13.2 Å². The lowest BCUT2D eigenvalue weighted by Crippen LogP contribution is -2.37. The van der Waals surface area contributed by atoms with Gasteiger partial charge >= 0.3 is 0 Å². The molecule has 1 saturated carbocycles. The van der Waals surface area contributed by atoms with Gasteiger partial charge in [0.25, 0.3) is 0 Å². The van der Waals surface area contributed by atoms with Crippen molar-refractivity contribution in [1.82, 2.24) is 25.4 Å². The maximum absolute atomic E-state index is 5.97. The largest absolute Gasteiger partial charge is 0.493 e. The van der Waals surface area contributed by atoms with E-state index in [1.54, 1.807) is 7.05 Å². The predicted octanol–water partition coefficient (Wildman–Crippen LogP) is 2.50. The van der Waals surface area contributed by atoms with Crippen molar-refractivity contribution in [3.05, 3.63) is 41.5 Å². The second-order valence-electron chi connectivity index (χ2n) is 6.93. The van der Waals surface area contributed by atoms with E-state index in [-0.39, 0.29) is 24.0 Å². The summed E-state index contributed by atoms with van der Waals surface area (Å²) in [6.07, 6.45) is 4.77. The molecule has 4 rings (SSSR count). The van der Waals surface area contributed by atoms with Crippen LogP contribution in [0.3, 0.4) is 0 Å². The Morgan fingerprint density at radius 3 is 2.85 bits per heavy atom. The van der Waals surface area contributed by atoms with Crippen molar-refractivity contribution in [3.63, 3.8) is 0 Å². The zero-order valence-electron chi connectivity index (χ0n) is 15.6. The standard InChI is InChI=1S/C19H26N6O.HI/c1-20-19(22-12-18-24-23-17-7-4-10-25(17)18)21-11-15-5-2-3-6-16(15)26-13-14-8-9-14;/h2-3,5-6,14H,4,7-13H2,1H3,(H2,20,21,22);1H. The average molecular weight is 482 g/mol. The number of hydrogen-bond acceptors (Lipinski definition) is 4. The van der Waals surface area contributed by atoms with Gasteiger partial charge in [-0.1, -0.05) is 18.2 Å². The van der Waals surface area contributed by atoms with Crippen LogP contribution in [0.4, 0.5) is 0 Å². The molecule has 0 amide bonds. The molecule has 146 valence electrons. The highest BCUT2D eigenvalue weighted by atomic mass is 127. The molecule has 0 spiro atoms. The number of aromatic nitrogens is 3. The Hall–Kier alpha value is -1.84. The molecule has 8 heteroatoms. The molecule has 0 bridgehead atoms. The number of halogens is 1. The molecule has 1 aliphatic carbocycles. The summed E-state index contributed by atoms with van der Waals surface area (Å²) in [5, 5.41) is 15.2. The lowest BCUT2D eigenvalue weighted by atomic mass is 10.2. The topological polar surface area (TPSA) is 76.4 Å². The Balaban J connectivity index is 0.00000210. The number of aryl methyl sites for hydroxylation is 1. The number of fused-ring (bicyclic) bond motifs is 1. The summed E-state index contributed by atoms with van der Waals surface area (Å²) in [6.45, 7) is 3.12. The van der Waals surface area contributed by atoms with Crippen molar-refractivity contribution in [2.24, 2.45) is 10.9 Å². The van der Waals surface area contributed by atoms with Gasteiger partial charge < -0.3 is 19.9 Å². The van der Waals surface area contributed by atoms with Crippen LogP contribution in [0.25, 0.3) is 0 Å². The number of benzene rings is 1. The first kappa shape index (κ1) is 19.9. The third-order valence-electron chi connectivity index (χ3n) is 4.91. The summed E-state index contributed by atoms with van der Waals surface area (Å²) in [5.41, 5.74) is 1.14. The quantitative estimate of drug-likeness (QED) is 0.361. The van der Waals surface area contributed by atoms with Crippen LogP contribution in [0.15, 0.2) is 29.3 Å². The highest BCUT2D eigenvalue weighted by molar-refractivity contribution is 14.0. The Morgan fingerprint density at radius 1 is 1.22 bits per heavy atom. The normalized spacial score (nSPS) is 15.8. The highest BCUT2D eigenvalue weighted by Crippen LogP contribution is 2.30. The molecule has 1 aromatic heterocycles. The minimum Gasteiger partial charge on any atom is -0.493 e. The molecule has 7 nitrogen and oxygen atoms in total. The second-order valence-corrected chi connectivity index (χ2v) is 6.93. The highest BCUT2D eigenvalue weighted by Gasteiger charge is 2.22. The van der Waals surface area contributed by atoms with Gasteiger partial charge in [-0.25, -0.2) is 0 Å². The number of nitrogens with one attached hydrogen (secondary N) is 2. The van der Waals surface area contributed by atoms with Gasteiger partial charge in [0.15, 0.2) is 11.8 Å². The van der Waals surface area contributed by atoms with Crippen molar-refractivity contribution < 1.29 is 4.74 Å². The van der Waals surface area contributed by atoms with Crippen molar-refractivity contribution in [2.45, 2.75) is 45.3 Å². The van der Waals surface area contributed by atoms with E-state index in [1.165, 1.54) is 12.8 Å². The maximum Gasteiger partial charge on any atom is 0.191 e. The fourth-order valence-corrected chi connectivity index (χ4v) is 3.19. The number of guanidine groups is 1. The summed E-state index contributed by atoms with van der Waals surface area (Å²) in [6, 6.07) is 8.18. The summed E-state index contributed by atoms with van der Waals surface area (Å²) in [4.78, 5) is 4.31. The lowest BCUT2D eigenvalue weighted by molar-refractivity contribution is 0.296. The van der Waals surface area contributed by atoms with Gasteiger partial charge in [-0.15, -0.1) is 34.2 Å². The van der Waals surface area contributed by atoms with E-state index in [1.807, 2.05) is 18.2 Å². The number of hydrogen-bond donors (Lipinski definition) is 2. The van der Waals surface area contributed by atoms with Crippen LogP contribution in [-0.2, 0) is 26.1 Å². The first-order valence-electron chi connectivity index (χ1n) is 9.39. The maximum atomic E-state index is 5.97. The van der Waals surface area contributed by atoms with Crippen LogP contribution in [0, 0.1) is 5.92 Å². The Kier molecular flexibility index (Phi) is 6.92. The van der Waals surface area contributed by atoms with Gasteiger partial charge in [0.1, 0.15) is 11.6 Å². The molecular weight excluding hydrogens is 455 g/mol. The van der Waals surface area contributed by atoms with Crippen LogP contribution in [0.5, 0.6) is 5.75 Å². The fraction of sp³-hybridized carbons (Fsp3) is 0.526. The number of para-hydroxylation sites is 1. The van der Waals surface area contributed by atoms with Crippen molar-refractivity contribution in [2.75, 3.05) is 13.7 Å². The summed E-state index contributed by atoms with van der Waals surface area (Å²) in [7, 11) is 1.78. The monoisotopic (exact) mass is 482 g/mol. The lowest BCUT2D eigenvalue weighted by Gasteiger charge is -2.14. The molecule has 1 fully saturated rings. The Labute approximate surface area is 177 Å². The molecule has 0 atom stereocenters. The van der Waals surface area contributed by atoms with Crippen molar-refractivity contribution in [1.29, 1.82) is 0 Å². The SMILES string of the molecule is CN=C(NCc1ccccc1OCC1CC1)NCc1nnc2n1CCC2.I. The number of ether oxygens (including phenoxy) is 1. The molecule has 1 aliphatic heterocycles. The molecule has 2 N–H and O–H groups in total. The van der Waals surface area contributed by atoms with Gasteiger partial charge in [0, 0.05) is 32.1 Å². The molecule has 1 aromatic carbocycles. The van der Waals surface area contributed by atoms with Crippen LogP contribution >= 0.6 is 24.0 Å². The third-order valence-corrected chi connectivity index (χ3v) is 4.91. The van der Waals surface area contributed by atoms with E-state index in [0.717, 1.165) is 60.8 Å². The first-order valence-corrected chi connectivity index (χ1v) is 9.39. The van der Waals surface area contributed by atoms with Gasteiger partial charge in [-0.2, -0.15) is 0 Å². The first-order chi connectivity index (χ1) is 12.8. The van der Waals surface area contributed by atoms with Crippen LogP contribution in [0.1, 0.15) is 36.5 Å². The van der Waals surface area contributed by atoms with Gasteiger partial charge in [-0.05, 0) is 31.2 Å². The van der Waals surface area contributed by atoms with E-state index in [0.29, 0.717) is 13.1 Å². The molecule has 0 unspecified atom stereocenters. The second kappa shape index (κ2) is 9.38. The Morgan fingerprint density at radius 2 is 2.04 bits per heavy atom.